The number of aliphatic hydroxyl groups is 1. The summed E-state index contributed by atoms with van der Waals surface area (Å²) >= 11 is 0. The molecule has 1 unspecified atom stereocenters. The predicted molar refractivity (Wildman–Crippen MR) is 66.7 cm³/mol. The molecule has 0 saturated heterocycles. The number of nitrogens with zero attached hydrogens (tertiary/aromatic N) is 2. The standard InChI is InChI=1S/C14H16N2O/c1-9-6-11(3)16-13(7-9)14(17)12-8-15-5-4-10(12)2/h4-8,14,17H,1-3H3. The van der Waals surface area contributed by atoms with E-state index in [-0.39, 0.29) is 0 Å². The summed E-state index contributed by atoms with van der Waals surface area (Å²) in [7, 11) is 0. The molecule has 2 aromatic rings. The topological polar surface area (TPSA) is 46.0 Å². The summed E-state index contributed by atoms with van der Waals surface area (Å²) in [5.41, 5.74) is 4.53. The van der Waals surface area contributed by atoms with Crippen LogP contribution in [-0.2, 0) is 0 Å². The lowest BCUT2D eigenvalue weighted by Crippen LogP contribution is -2.06. The van der Waals surface area contributed by atoms with Crippen LogP contribution in [-0.4, -0.2) is 15.1 Å². The summed E-state index contributed by atoms with van der Waals surface area (Å²) in [6, 6.07) is 5.79. The van der Waals surface area contributed by atoms with Crippen LogP contribution in [0.4, 0.5) is 0 Å². The molecule has 0 aromatic carbocycles. The van der Waals surface area contributed by atoms with Crippen LogP contribution < -0.4 is 0 Å². The molecule has 0 saturated carbocycles. The molecule has 0 amide bonds. The zero-order valence-electron chi connectivity index (χ0n) is 10.3. The van der Waals surface area contributed by atoms with Crippen LogP contribution in [0, 0.1) is 20.8 Å². The third-order valence-electron chi connectivity index (χ3n) is 2.77. The number of aryl methyl sites for hydroxylation is 3. The van der Waals surface area contributed by atoms with Crippen LogP contribution in [0.2, 0.25) is 0 Å². The maximum Gasteiger partial charge on any atom is 0.123 e. The second-order valence-electron chi connectivity index (χ2n) is 4.35. The van der Waals surface area contributed by atoms with Crippen molar-refractivity contribution in [2.24, 2.45) is 0 Å². The van der Waals surface area contributed by atoms with E-state index in [0.29, 0.717) is 5.69 Å². The summed E-state index contributed by atoms with van der Waals surface area (Å²) in [5.74, 6) is 0. The summed E-state index contributed by atoms with van der Waals surface area (Å²) in [5, 5.41) is 10.3. The van der Waals surface area contributed by atoms with Gasteiger partial charge < -0.3 is 5.11 Å². The molecule has 3 heteroatoms. The Balaban J connectivity index is 2.43. The number of pyridine rings is 2. The monoisotopic (exact) mass is 228 g/mol. The number of rotatable bonds is 2. The summed E-state index contributed by atoms with van der Waals surface area (Å²) in [6.07, 6.45) is 2.71. The quantitative estimate of drug-likeness (QED) is 0.859. The summed E-state index contributed by atoms with van der Waals surface area (Å²) in [4.78, 5) is 8.42. The highest BCUT2D eigenvalue weighted by atomic mass is 16.3. The van der Waals surface area contributed by atoms with Crippen molar-refractivity contribution in [3.8, 4) is 0 Å². The van der Waals surface area contributed by atoms with E-state index in [1.807, 2.05) is 39.0 Å². The molecule has 88 valence electrons. The predicted octanol–water partition coefficient (Wildman–Crippen LogP) is 2.48. The third kappa shape index (κ3) is 2.50. The van der Waals surface area contributed by atoms with Gasteiger partial charge in [0, 0.05) is 23.7 Å². The fourth-order valence-corrected chi connectivity index (χ4v) is 1.93. The van der Waals surface area contributed by atoms with Gasteiger partial charge in [-0.3, -0.25) is 9.97 Å². The van der Waals surface area contributed by atoms with Gasteiger partial charge in [0.2, 0.25) is 0 Å². The van der Waals surface area contributed by atoms with Gasteiger partial charge >= 0.3 is 0 Å². The molecule has 0 bridgehead atoms. The second kappa shape index (κ2) is 4.63. The molecule has 3 nitrogen and oxygen atoms in total. The van der Waals surface area contributed by atoms with Gasteiger partial charge in [0.25, 0.3) is 0 Å². The number of hydrogen-bond donors (Lipinski definition) is 1. The van der Waals surface area contributed by atoms with Crippen molar-refractivity contribution >= 4 is 0 Å². The molecule has 17 heavy (non-hydrogen) atoms. The van der Waals surface area contributed by atoms with Gasteiger partial charge in [0.05, 0.1) is 5.69 Å². The molecular weight excluding hydrogens is 212 g/mol. The fraction of sp³-hybridized carbons (Fsp3) is 0.286. The minimum atomic E-state index is -0.706. The van der Waals surface area contributed by atoms with Gasteiger partial charge in [-0.1, -0.05) is 0 Å². The highest BCUT2D eigenvalue weighted by Crippen LogP contribution is 2.23. The van der Waals surface area contributed by atoms with Gasteiger partial charge in [-0.15, -0.1) is 0 Å². The van der Waals surface area contributed by atoms with Crippen LogP contribution in [0.3, 0.4) is 0 Å². The number of aliphatic hydroxyl groups excluding tert-OH is 1. The Bertz CT molecular complexity index is 517. The molecule has 2 aromatic heterocycles. The highest BCUT2D eigenvalue weighted by Gasteiger charge is 2.14. The highest BCUT2D eigenvalue weighted by molar-refractivity contribution is 5.32. The summed E-state index contributed by atoms with van der Waals surface area (Å²) in [6.45, 7) is 5.89. The Morgan fingerprint density at radius 3 is 2.59 bits per heavy atom. The zero-order chi connectivity index (χ0) is 12.4. The van der Waals surface area contributed by atoms with Crippen LogP contribution in [0.15, 0.2) is 30.6 Å². The van der Waals surface area contributed by atoms with Crippen LogP contribution in [0.5, 0.6) is 0 Å². The van der Waals surface area contributed by atoms with Gasteiger partial charge in [-0.25, -0.2) is 0 Å². The van der Waals surface area contributed by atoms with Crippen molar-refractivity contribution in [2.75, 3.05) is 0 Å². The minimum absolute atomic E-state index is 0.679. The average molecular weight is 228 g/mol. The SMILES string of the molecule is Cc1cc(C)nc(C(O)c2cnccc2C)c1. The van der Waals surface area contributed by atoms with E-state index in [4.69, 9.17) is 0 Å². The molecule has 2 heterocycles. The van der Waals surface area contributed by atoms with E-state index in [1.165, 1.54) is 0 Å². The van der Waals surface area contributed by atoms with Gasteiger partial charge in [0.15, 0.2) is 0 Å². The van der Waals surface area contributed by atoms with Crippen molar-refractivity contribution < 1.29 is 5.11 Å². The molecule has 1 atom stereocenters. The summed E-state index contributed by atoms with van der Waals surface area (Å²) < 4.78 is 0. The zero-order valence-corrected chi connectivity index (χ0v) is 10.3. The maximum absolute atomic E-state index is 10.3. The fourth-order valence-electron chi connectivity index (χ4n) is 1.93. The Labute approximate surface area is 101 Å². The Morgan fingerprint density at radius 2 is 1.94 bits per heavy atom. The van der Waals surface area contributed by atoms with Crippen molar-refractivity contribution in [3.05, 3.63) is 58.7 Å². The van der Waals surface area contributed by atoms with Crippen LogP contribution in [0.1, 0.15) is 34.2 Å². The van der Waals surface area contributed by atoms with E-state index < -0.39 is 6.10 Å². The Hall–Kier alpha value is -1.74. The minimum Gasteiger partial charge on any atom is -0.382 e. The molecule has 0 fully saturated rings. The molecule has 0 radical (unpaired) electrons. The molecular formula is C14H16N2O. The van der Waals surface area contributed by atoms with Crippen molar-refractivity contribution in [2.45, 2.75) is 26.9 Å². The largest absolute Gasteiger partial charge is 0.382 e. The first-order valence-electron chi connectivity index (χ1n) is 5.61. The van der Waals surface area contributed by atoms with Gasteiger partial charge in [-0.2, -0.15) is 0 Å². The normalized spacial score (nSPS) is 12.5. The van der Waals surface area contributed by atoms with E-state index in [2.05, 4.69) is 9.97 Å². The molecule has 0 spiro atoms. The molecule has 2 rings (SSSR count). The second-order valence-corrected chi connectivity index (χ2v) is 4.35. The van der Waals surface area contributed by atoms with E-state index >= 15 is 0 Å². The Morgan fingerprint density at radius 1 is 1.18 bits per heavy atom. The van der Waals surface area contributed by atoms with E-state index in [1.54, 1.807) is 12.4 Å². The first-order valence-corrected chi connectivity index (χ1v) is 5.61. The van der Waals surface area contributed by atoms with Crippen LogP contribution in [0.25, 0.3) is 0 Å². The average Bonchev–Trinajstić information content (AvgIpc) is 2.27. The first-order chi connectivity index (χ1) is 8.08. The van der Waals surface area contributed by atoms with Gasteiger partial charge in [0.1, 0.15) is 6.10 Å². The molecule has 1 N–H and O–H groups in total. The third-order valence-corrected chi connectivity index (χ3v) is 2.77. The smallest absolute Gasteiger partial charge is 0.123 e. The lowest BCUT2D eigenvalue weighted by Gasteiger charge is -2.13. The van der Waals surface area contributed by atoms with E-state index in [9.17, 15) is 5.11 Å². The molecule has 0 aliphatic rings. The lowest BCUT2D eigenvalue weighted by molar-refractivity contribution is 0.214. The molecule has 0 aliphatic carbocycles. The van der Waals surface area contributed by atoms with E-state index in [0.717, 1.165) is 22.4 Å². The lowest BCUT2D eigenvalue weighted by atomic mass is 10.0. The molecule has 0 aliphatic heterocycles. The Kier molecular flexibility index (Phi) is 3.20. The van der Waals surface area contributed by atoms with Crippen LogP contribution >= 0.6 is 0 Å². The van der Waals surface area contributed by atoms with Crippen molar-refractivity contribution in [3.63, 3.8) is 0 Å². The maximum atomic E-state index is 10.3. The number of hydrogen-bond acceptors (Lipinski definition) is 3. The number of aromatic nitrogens is 2. The van der Waals surface area contributed by atoms with Crippen molar-refractivity contribution in [1.29, 1.82) is 0 Å². The first kappa shape index (κ1) is 11.7. The van der Waals surface area contributed by atoms with Gasteiger partial charge in [-0.05, 0) is 50.1 Å². The van der Waals surface area contributed by atoms with Crippen molar-refractivity contribution in [1.82, 2.24) is 9.97 Å².